The van der Waals surface area contributed by atoms with Crippen molar-refractivity contribution in [3.63, 3.8) is 0 Å². The number of fused-ring (bicyclic) bond motifs is 4. The maximum absolute atomic E-state index is 14.5. The molecule has 4 N–H and O–H groups in total. The number of imidazole rings is 2. The van der Waals surface area contributed by atoms with E-state index in [4.69, 9.17) is 24.2 Å². The summed E-state index contributed by atoms with van der Waals surface area (Å²) in [6, 6.07) is 26.0. The highest BCUT2D eigenvalue weighted by Gasteiger charge is 2.49. The van der Waals surface area contributed by atoms with Crippen molar-refractivity contribution in [3.05, 3.63) is 101 Å². The molecule has 4 fully saturated rings. The van der Waals surface area contributed by atoms with E-state index in [1.54, 1.807) is 7.11 Å². The van der Waals surface area contributed by atoms with Gasteiger partial charge >= 0.3 is 12.2 Å². The SMILES string of the molecule is COC(=O)N[C@@H](CCC#N)C(=O)N1[C@H](c2nc3cc(-c4cc5c(OC)cc4CCc4ccc(c(-c6ccc7[nH]c([C@@H]8C[C@@H]9CCCC[C@@H]9N8C(=O)[C@H](CCC#N)NC(=O)OC)nc7c6)c4)CC5)ccc3[nH]2)C[C@@H]2CCCC[C@@H]21. The number of hydrogen-bond donors (Lipinski definition) is 4. The molecule has 0 spiro atoms. The summed E-state index contributed by atoms with van der Waals surface area (Å²) >= 11 is 0. The van der Waals surface area contributed by atoms with Crippen LogP contribution in [0.5, 0.6) is 5.75 Å². The van der Waals surface area contributed by atoms with E-state index in [1.165, 1.54) is 25.3 Å². The first-order chi connectivity index (χ1) is 38.0. The predicted molar refractivity (Wildman–Crippen MR) is 293 cm³/mol. The molecule has 8 aliphatic rings. The van der Waals surface area contributed by atoms with Crippen LogP contribution >= 0.6 is 0 Å². The molecule has 78 heavy (non-hydrogen) atoms. The third-order valence-corrected chi connectivity index (χ3v) is 17.6. The zero-order chi connectivity index (χ0) is 54.0. The summed E-state index contributed by atoms with van der Waals surface area (Å²) in [7, 11) is 4.29. The highest BCUT2D eigenvalue weighted by atomic mass is 16.5. The lowest BCUT2D eigenvalue weighted by atomic mass is 9.84. The Kier molecular flexibility index (Phi) is 15.1. The normalized spacial score (nSPS) is 22.3. The molecule has 4 heterocycles. The Morgan fingerprint density at radius 3 is 1.63 bits per heavy atom. The van der Waals surface area contributed by atoms with Crippen LogP contribution in [0.25, 0.3) is 44.3 Å². The summed E-state index contributed by atoms with van der Waals surface area (Å²) < 4.78 is 15.9. The van der Waals surface area contributed by atoms with Crippen LogP contribution in [0.15, 0.2) is 66.7 Å². The molecule has 6 aliphatic carbocycles. The number of nitriles is 2. The molecule has 17 heteroatoms. The van der Waals surface area contributed by atoms with Gasteiger partial charge in [-0.2, -0.15) is 10.5 Å². The number of ether oxygens (including phenoxy) is 3. The van der Waals surface area contributed by atoms with Crippen LogP contribution in [0.4, 0.5) is 9.59 Å². The van der Waals surface area contributed by atoms with Crippen molar-refractivity contribution in [2.45, 2.75) is 152 Å². The molecule has 6 aromatic rings. The van der Waals surface area contributed by atoms with E-state index >= 15 is 0 Å². The second kappa shape index (κ2) is 22.6. The minimum absolute atomic E-state index is 0.0239. The Bertz CT molecular complexity index is 3350. The maximum Gasteiger partial charge on any atom is 0.407 e. The number of likely N-dealkylation sites (tertiary alicyclic amines) is 2. The lowest BCUT2D eigenvalue weighted by Crippen LogP contribution is -2.51. The molecule has 4 amide bonds. The van der Waals surface area contributed by atoms with E-state index in [0.29, 0.717) is 11.8 Å². The quantitative estimate of drug-likeness (QED) is 0.0850. The number of H-pyrrole nitrogens is 2. The van der Waals surface area contributed by atoms with Crippen molar-refractivity contribution < 1.29 is 33.4 Å². The third-order valence-electron chi connectivity index (χ3n) is 17.6. The molecule has 8 atom stereocenters. The van der Waals surface area contributed by atoms with Gasteiger partial charge in [0.15, 0.2) is 0 Å². The number of aryl methyl sites for hydroxylation is 4. The van der Waals surface area contributed by atoms with E-state index in [2.05, 4.69) is 99.5 Å². The smallest absolute Gasteiger partial charge is 0.407 e. The van der Waals surface area contributed by atoms with Gasteiger partial charge in [0.25, 0.3) is 0 Å². The number of aromatic amines is 2. The Morgan fingerprint density at radius 2 is 1.12 bits per heavy atom. The van der Waals surface area contributed by atoms with Gasteiger partial charge in [0.05, 0.1) is 67.6 Å². The molecule has 0 unspecified atom stereocenters. The minimum atomic E-state index is -0.884. The fourth-order valence-electron chi connectivity index (χ4n) is 13.8. The topological polar surface area (TPSA) is 231 Å². The summed E-state index contributed by atoms with van der Waals surface area (Å²) in [6.07, 6.45) is 11.9. The zero-order valence-electron chi connectivity index (χ0n) is 44.7. The van der Waals surface area contributed by atoms with E-state index in [1.807, 2.05) is 9.80 Å². The van der Waals surface area contributed by atoms with Gasteiger partial charge in [0.2, 0.25) is 11.8 Å². The summed E-state index contributed by atoms with van der Waals surface area (Å²) in [6.45, 7) is 0. The largest absolute Gasteiger partial charge is 0.496 e. The number of carbonyl (C=O) groups excluding carboxylic acids is 4. The lowest BCUT2D eigenvalue weighted by molar-refractivity contribution is -0.138. The molecule has 2 aromatic heterocycles. The van der Waals surface area contributed by atoms with Crippen molar-refractivity contribution in [2.24, 2.45) is 11.8 Å². The van der Waals surface area contributed by atoms with Crippen LogP contribution in [0.2, 0.25) is 0 Å². The Balaban J connectivity index is 0.866. The molecular weight excluding hydrogens is 985 g/mol. The maximum atomic E-state index is 14.5. The van der Waals surface area contributed by atoms with Crippen molar-refractivity contribution in [3.8, 4) is 40.1 Å². The average molecular weight is 1050 g/mol. The van der Waals surface area contributed by atoms with Gasteiger partial charge in [-0.15, -0.1) is 0 Å². The first-order valence-electron chi connectivity index (χ1n) is 27.9. The van der Waals surface area contributed by atoms with Crippen LogP contribution < -0.4 is 15.4 Å². The summed E-state index contributed by atoms with van der Waals surface area (Å²) in [4.78, 5) is 75.4. The number of rotatable bonds is 13. The van der Waals surface area contributed by atoms with E-state index in [-0.39, 0.29) is 61.7 Å². The van der Waals surface area contributed by atoms with Crippen LogP contribution in [0.1, 0.15) is 136 Å². The number of carbonyl (C=O) groups is 4. The molecule has 4 bridgehead atoms. The standard InChI is InChI=1S/C61H68N10O7/c1-76-55-34-39-19-17-35-16-18-36(43(28-35)37-22-24-45-49(30-37)66-56(64-45)53-32-40-10-4-6-14-51(40)70(53)58(72)47(12-8-26-62)68-60(74)77-2)20-21-42(55)29-44(39)38-23-25-46-50(31-38)67-57(65-46)54-33-41-11-5-7-15-52(41)71(54)59(73)48(13-9-27-63)69-61(75)78-3/h16,18,22-25,28-31,34,40-41,47-48,51-54H,4-15,17,19-21,32-33H2,1-3H3,(H,64,66)(H,65,67)(H,68,74)(H,69,75)/t40-,41-,47-,48-,51-,52-,53-,54-/m0/s1. The fourth-order valence-corrected chi connectivity index (χ4v) is 13.8. The van der Waals surface area contributed by atoms with Gasteiger partial charge in [0.1, 0.15) is 29.5 Å². The number of nitrogens with one attached hydrogen (secondary N) is 4. The minimum Gasteiger partial charge on any atom is -0.496 e. The Hall–Kier alpha value is -7.92. The van der Waals surface area contributed by atoms with E-state index in [9.17, 15) is 29.7 Å². The second-order valence-electron chi connectivity index (χ2n) is 22.0. The van der Waals surface area contributed by atoms with Gasteiger partial charge < -0.3 is 44.6 Å². The number of methoxy groups -OCH3 is 3. The molecule has 17 nitrogen and oxygen atoms in total. The Labute approximate surface area is 454 Å². The summed E-state index contributed by atoms with van der Waals surface area (Å²) in [5, 5.41) is 24.3. The highest BCUT2D eigenvalue weighted by Crippen LogP contribution is 2.48. The summed E-state index contributed by atoms with van der Waals surface area (Å²) in [5.41, 5.74) is 12.5. The summed E-state index contributed by atoms with van der Waals surface area (Å²) in [5.74, 6) is 2.55. The average Bonchev–Trinajstić information content (AvgIpc) is 4.46. The molecule has 2 saturated carbocycles. The van der Waals surface area contributed by atoms with Crippen LogP contribution in [-0.2, 0) is 44.7 Å². The highest BCUT2D eigenvalue weighted by molar-refractivity contribution is 5.89. The van der Waals surface area contributed by atoms with Gasteiger partial charge in [-0.3, -0.25) is 9.59 Å². The van der Waals surface area contributed by atoms with Crippen LogP contribution in [-0.4, -0.2) is 99.2 Å². The molecule has 404 valence electrons. The van der Waals surface area contributed by atoms with Crippen molar-refractivity contribution in [2.75, 3.05) is 21.3 Å². The number of alkyl carbamates (subject to hydrolysis) is 2. The van der Waals surface area contributed by atoms with Gasteiger partial charge in [-0.1, -0.05) is 56.0 Å². The molecule has 2 aliphatic heterocycles. The zero-order valence-corrected chi connectivity index (χ0v) is 44.7. The number of hydrogen-bond acceptors (Lipinski definition) is 11. The van der Waals surface area contributed by atoms with E-state index < -0.39 is 24.3 Å². The number of benzene rings is 4. The molecule has 14 rings (SSSR count). The lowest BCUT2D eigenvalue weighted by Gasteiger charge is -2.35. The van der Waals surface area contributed by atoms with Crippen molar-refractivity contribution >= 4 is 46.1 Å². The predicted octanol–water partition coefficient (Wildman–Crippen LogP) is 10.4. The van der Waals surface area contributed by atoms with Crippen molar-refractivity contribution in [1.29, 1.82) is 10.5 Å². The van der Waals surface area contributed by atoms with Crippen LogP contribution in [0, 0.1) is 34.5 Å². The second-order valence-corrected chi connectivity index (χ2v) is 22.0. The number of aromatic nitrogens is 4. The monoisotopic (exact) mass is 1050 g/mol. The Morgan fingerprint density at radius 1 is 0.615 bits per heavy atom. The van der Waals surface area contributed by atoms with Gasteiger partial charge in [-0.05, 0) is 170 Å². The number of amides is 4. The first kappa shape index (κ1) is 52.1. The molecule has 2 saturated heterocycles. The third kappa shape index (κ3) is 10.2. The molecule has 4 aromatic carbocycles. The van der Waals surface area contributed by atoms with Gasteiger partial charge in [0, 0.05) is 24.9 Å². The molecular formula is C61H68N10O7. The van der Waals surface area contributed by atoms with E-state index in [0.717, 1.165) is 163 Å². The van der Waals surface area contributed by atoms with Crippen molar-refractivity contribution in [1.82, 2.24) is 40.4 Å². The van der Waals surface area contributed by atoms with Crippen LogP contribution in [0.3, 0.4) is 0 Å². The molecule has 0 radical (unpaired) electrons. The number of nitrogens with zero attached hydrogens (tertiary/aromatic N) is 6. The van der Waals surface area contributed by atoms with Gasteiger partial charge in [-0.25, -0.2) is 19.6 Å². The first-order valence-corrected chi connectivity index (χ1v) is 27.9. The fraction of sp³-hybridized carbons (Fsp3) is 0.475.